The van der Waals surface area contributed by atoms with Crippen molar-refractivity contribution in [2.75, 3.05) is 38.7 Å². The zero-order valence-electron chi connectivity index (χ0n) is 17.4. The number of aliphatic hydroxyl groups is 1. The molecule has 0 spiro atoms. The molecule has 0 radical (unpaired) electrons. The SMILES string of the molecule is COCCNc1nc2cc(C(=O)N3CCC(C(O)c4cccs4)CC3)ccc2n1C. The van der Waals surface area contributed by atoms with Crippen LogP contribution >= 0.6 is 11.3 Å². The Morgan fingerprint density at radius 2 is 2.17 bits per heavy atom. The lowest BCUT2D eigenvalue weighted by Gasteiger charge is -2.34. The Balaban J connectivity index is 1.42. The zero-order chi connectivity index (χ0) is 21.1. The number of imidazole rings is 1. The van der Waals surface area contributed by atoms with Gasteiger partial charge in [0.2, 0.25) is 5.95 Å². The number of methoxy groups -OCH3 is 1. The molecule has 1 unspecified atom stereocenters. The van der Waals surface area contributed by atoms with Crippen LogP contribution in [0.4, 0.5) is 5.95 Å². The van der Waals surface area contributed by atoms with Crippen molar-refractivity contribution in [1.82, 2.24) is 14.5 Å². The van der Waals surface area contributed by atoms with Gasteiger partial charge in [0, 0.05) is 44.2 Å². The predicted molar refractivity (Wildman–Crippen MR) is 119 cm³/mol. The van der Waals surface area contributed by atoms with E-state index in [9.17, 15) is 9.90 Å². The van der Waals surface area contributed by atoms with Crippen LogP contribution in [0.5, 0.6) is 0 Å². The fourth-order valence-electron chi connectivity index (χ4n) is 4.05. The van der Waals surface area contributed by atoms with E-state index in [4.69, 9.17) is 4.74 Å². The number of rotatable bonds is 7. The number of likely N-dealkylation sites (tertiary alicyclic amines) is 1. The number of fused-ring (bicyclic) bond motifs is 1. The summed E-state index contributed by atoms with van der Waals surface area (Å²) in [6, 6.07) is 9.63. The second-order valence-electron chi connectivity index (χ2n) is 7.71. The van der Waals surface area contributed by atoms with Crippen molar-refractivity contribution >= 4 is 34.2 Å². The monoisotopic (exact) mass is 428 g/mol. The highest BCUT2D eigenvalue weighted by atomic mass is 32.1. The number of hydrogen-bond acceptors (Lipinski definition) is 6. The van der Waals surface area contributed by atoms with Crippen molar-refractivity contribution in [3.05, 3.63) is 46.2 Å². The van der Waals surface area contributed by atoms with Gasteiger partial charge in [0.05, 0.1) is 23.7 Å². The number of thiophene rings is 1. The molecule has 0 saturated carbocycles. The van der Waals surface area contributed by atoms with E-state index in [1.165, 1.54) is 0 Å². The molecule has 0 aliphatic carbocycles. The molecule has 1 aromatic carbocycles. The first kappa shape index (κ1) is 20.8. The van der Waals surface area contributed by atoms with E-state index in [0.717, 1.165) is 34.7 Å². The number of carbonyl (C=O) groups excluding carboxylic acids is 1. The lowest BCUT2D eigenvalue weighted by atomic mass is 9.90. The Bertz CT molecular complexity index is 993. The van der Waals surface area contributed by atoms with Gasteiger partial charge in [-0.15, -0.1) is 11.3 Å². The van der Waals surface area contributed by atoms with Gasteiger partial charge in [-0.3, -0.25) is 4.79 Å². The van der Waals surface area contributed by atoms with Gasteiger partial charge in [0.1, 0.15) is 0 Å². The molecule has 1 amide bonds. The van der Waals surface area contributed by atoms with Gasteiger partial charge < -0.3 is 24.6 Å². The van der Waals surface area contributed by atoms with Crippen molar-refractivity contribution in [2.45, 2.75) is 18.9 Å². The van der Waals surface area contributed by atoms with Crippen molar-refractivity contribution < 1.29 is 14.6 Å². The highest BCUT2D eigenvalue weighted by molar-refractivity contribution is 7.10. The fourth-order valence-corrected chi connectivity index (χ4v) is 4.85. The summed E-state index contributed by atoms with van der Waals surface area (Å²) in [6.07, 6.45) is 1.19. The Morgan fingerprint density at radius 1 is 1.37 bits per heavy atom. The third-order valence-corrected chi connectivity index (χ3v) is 6.77. The van der Waals surface area contributed by atoms with Crippen molar-refractivity contribution in [1.29, 1.82) is 0 Å². The molecule has 0 bridgehead atoms. The number of aromatic nitrogens is 2. The average molecular weight is 429 g/mol. The third kappa shape index (κ3) is 4.21. The minimum absolute atomic E-state index is 0.0282. The normalized spacial score (nSPS) is 16.2. The molecule has 30 heavy (non-hydrogen) atoms. The molecule has 160 valence electrons. The second kappa shape index (κ2) is 9.16. The number of carbonyl (C=O) groups is 1. The maximum Gasteiger partial charge on any atom is 0.253 e. The quantitative estimate of drug-likeness (QED) is 0.565. The number of nitrogens with zero attached hydrogens (tertiary/aromatic N) is 3. The predicted octanol–water partition coefficient (Wildman–Crippen LogP) is 3.28. The number of ether oxygens (including phenoxy) is 1. The van der Waals surface area contributed by atoms with Crippen molar-refractivity contribution in [2.24, 2.45) is 13.0 Å². The van der Waals surface area contributed by atoms with E-state index in [1.807, 2.05) is 52.2 Å². The molecular formula is C22H28N4O3S. The average Bonchev–Trinajstić information content (AvgIpc) is 3.42. The molecule has 1 saturated heterocycles. The van der Waals surface area contributed by atoms with Gasteiger partial charge in [-0.05, 0) is 48.4 Å². The van der Waals surface area contributed by atoms with E-state index >= 15 is 0 Å². The zero-order valence-corrected chi connectivity index (χ0v) is 18.2. The molecule has 3 heterocycles. The van der Waals surface area contributed by atoms with Gasteiger partial charge in [0.15, 0.2) is 0 Å². The molecule has 1 aliphatic heterocycles. The molecular weight excluding hydrogens is 400 g/mol. The molecule has 2 aromatic heterocycles. The number of nitrogens with one attached hydrogen (secondary N) is 1. The molecule has 8 heteroatoms. The Morgan fingerprint density at radius 3 is 2.87 bits per heavy atom. The minimum Gasteiger partial charge on any atom is -0.387 e. The first-order valence-corrected chi connectivity index (χ1v) is 11.2. The summed E-state index contributed by atoms with van der Waals surface area (Å²) < 4.78 is 7.06. The summed E-state index contributed by atoms with van der Waals surface area (Å²) in [7, 11) is 3.62. The van der Waals surface area contributed by atoms with E-state index in [0.29, 0.717) is 31.8 Å². The summed E-state index contributed by atoms with van der Waals surface area (Å²) in [5.41, 5.74) is 2.43. The second-order valence-corrected chi connectivity index (χ2v) is 8.69. The fraction of sp³-hybridized carbons (Fsp3) is 0.455. The van der Waals surface area contributed by atoms with Gasteiger partial charge >= 0.3 is 0 Å². The molecule has 3 aromatic rings. The summed E-state index contributed by atoms with van der Waals surface area (Å²) >= 11 is 1.59. The minimum atomic E-state index is -0.434. The molecule has 7 nitrogen and oxygen atoms in total. The van der Waals surface area contributed by atoms with E-state index in [1.54, 1.807) is 18.4 Å². The summed E-state index contributed by atoms with van der Waals surface area (Å²) in [4.78, 5) is 20.6. The van der Waals surface area contributed by atoms with E-state index in [2.05, 4.69) is 10.3 Å². The topological polar surface area (TPSA) is 79.6 Å². The Hall–Kier alpha value is -2.42. The van der Waals surface area contributed by atoms with Gasteiger partial charge in [-0.2, -0.15) is 0 Å². The number of hydrogen-bond donors (Lipinski definition) is 2. The Labute approximate surface area is 180 Å². The van der Waals surface area contributed by atoms with Crippen molar-refractivity contribution in [3.8, 4) is 0 Å². The van der Waals surface area contributed by atoms with Gasteiger partial charge in [-0.1, -0.05) is 6.07 Å². The molecule has 4 rings (SSSR count). The number of aliphatic hydroxyl groups excluding tert-OH is 1. The number of piperidine rings is 1. The molecule has 2 N–H and O–H groups in total. The summed E-state index contributed by atoms with van der Waals surface area (Å²) in [5, 5.41) is 15.8. The van der Waals surface area contributed by atoms with Gasteiger partial charge in [0.25, 0.3) is 5.91 Å². The van der Waals surface area contributed by atoms with Crippen LogP contribution in [0, 0.1) is 5.92 Å². The van der Waals surface area contributed by atoms with Crippen LogP contribution in [0.3, 0.4) is 0 Å². The maximum absolute atomic E-state index is 13.0. The molecule has 1 fully saturated rings. The van der Waals surface area contributed by atoms with Crippen LogP contribution < -0.4 is 5.32 Å². The third-order valence-electron chi connectivity index (χ3n) is 5.83. The van der Waals surface area contributed by atoms with Crippen LogP contribution in [0.2, 0.25) is 0 Å². The van der Waals surface area contributed by atoms with Crippen LogP contribution in [-0.4, -0.2) is 58.8 Å². The Kier molecular flexibility index (Phi) is 6.36. The van der Waals surface area contributed by atoms with E-state index in [-0.39, 0.29) is 11.8 Å². The lowest BCUT2D eigenvalue weighted by molar-refractivity contribution is 0.0474. The molecule has 1 aliphatic rings. The van der Waals surface area contributed by atoms with E-state index < -0.39 is 6.10 Å². The largest absolute Gasteiger partial charge is 0.387 e. The van der Waals surface area contributed by atoms with Gasteiger partial charge in [-0.25, -0.2) is 4.98 Å². The maximum atomic E-state index is 13.0. The number of benzene rings is 1. The van der Waals surface area contributed by atoms with Crippen LogP contribution in [0.25, 0.3) is 11.0 Å². The van der Waals surface area contributed by atoms with Crippen LogP contribution in [-0.2, 0) is 11.8 Å². The van der Waals surface area contributed by atoms with Crippen LogP contribution in [0.15, 0.2) is 35.7 Å². The molecule has 1 atom stereocenters. The lowest BCUT2D eigenvalue weighted by Crippen LogP contribution is -2.39. The highest BCUT2D eigenvalue weighted by Crippen LogP contribution is 2.33. The summed E-state index contributed by atoms with van der Waals surface area (Å²) in [5.74, 6) is 0.988. The number of anilines is 1. The highest BCUT2D eigenvalue weighted by Gasteiger charge is 2.29. The first-order chi connectivity index (χ1) is 14.6. The smallest absolute Gasteiger partial charge is 0.253 e. The standard InChI is InChI=1S/C22H28N4O3S/c1-25-18-6-5-16(14-17(18)24-22(25)23-9-12-29-2)21(28)26-10-7-15(8-11-26)20(27)19-4-3-13-30-19/h3-6,13-15,20,27H,7-12H2,1-2H3,(H,23,24). The summed E-state index contributed by atoms with van der Waals surface area (Å²) in [6.45, 7) is 2.60. The first-order valence-electron chi connectivity index (χ1n) is 10.3. The number of amides is 1. The number of aryl methyl sites for hydroxylation is 1. The van der Waals surface area contributed by atoms with Crippen LogP contribution in [0.1, 0.15) is 34.2 Å². The van der Waals surface area contributed by atoms with Crippen molar-refractivity contribution in [3.63, 3.8) is 0 Å².